The molecule has 24 heavy (non-hydrogen) atoms. The van der Waals surface area contributed by atoms with Crippen molar-refractivity contribution in [3.63, 3.8) is 0 Å². The van der Waals surface area contributed by atoms with Crippen LogP contribution in [0.2, 0.25) is 0 Å². The summed E-state index contributed by atoms with van der Waals surface area (Å²) in [7, 11) is 1.11. The van der Waals surface area contributed by atoms with Crippen molar-refractivity contribution in [2.24, 2.45) is 0 Å². The first-order chi connectivity index (χ1) is 11.3. The topological polar surface area (TPSA) is 133 Å². The molecule has 0 aliphatic carbocycles. The molecule has 10 nitrogen and oxygen atoms in total. The van der Waals surface area contributed by atoms with Crippen LogP contribution < -0.4 is 0 Å². The van der Waals surface area contributed by atoms with Crippen LogP contribution in [0.3, 0.4) is 0 Å². The van der Waals surface area contributed by atoms with Crippen LogP contribution in [0.4, 0.5) is 5.69 Å². The Hall–Kier alpha value is -3.30. The molecule has 0 bridgehead atoms. The Labute approximate surface area is 135 Å². The molecule has 0 radical (unpaired) electrons. The molecule has 0 N–H and O–H groups in total. The zero-order chi connectivity index (χ0) is 18.0. The molecule has 1 aromatic rings. The van der Waals surface area contributed by atoms with Crippen molar-refractivity contribution >= 4 is 29.4 Å². The number of fused-ring (bicyclic) bond motifs is 1. The maximum absolute atomic E-state index is 12.2. The lowest BCUT2D eigenvalue weighted by Gasteiger charge is -2.15. The molecule has 0 aromatic heterocycles. The molecule has 1 aliphatic rings. The van der Waals surface area contributed by atoms with Crippen molar-refractivity contribution in [2.75, 3.05) is 13.7 Å². The van der Waals surface area contributed by atoms with E-state index in [4.69, 9.17) is 4.74 Å². The molecule has 1 aliphatic heterocycles. The second-order valence-corrected chi connectivity index (χ2v) is 4.81. The predicted octanol–water partition coefficient (Wildman–Crippen LogP) is 0.295. The molecule has 1 aromatic carbocycles. The van der Waals surface area contributed by atoms with E-state index in [9.17, 15) is 29.3 Å². The van der Waals surface area contributed by atoms with Gasteiger partial charge in [0.05, 0.1) is 17.6 Å². The standard InChI is InChI=1S/C14H12N2O8/c1-7(14(20)23-2)24-10(17)6-15-12(18)8-4-3-5-9(16(21)22)11(8)13(15)19/h3-5,7H,6H2,1-2H3. The number of carbonyl (C=O) groups excluding carboxylic acids is 4. The predicted molar refractivity (Wildman–Crippen MR) is 76.0 cm³/mol. The number of methoxy groups -OCH3 is 1. The quantitative estimate of drug-likeness (QED) is 0.324. The summed E-state index contributed by atoms with van der Waals surface area (Å²) in [6.07, 6.45) is -1.22. The summed E-state index contributed by atoms with van der Waals surface area (Å²) in [5.74, 6) is -3.64. The van der Waals surface area contributed by atoms with E-state index in [1.165, 1.54) is 19.1 Å². The Morgan fingerprint density at radius 3 is 2.54 bits per heavy atom. The third-order valence-electron chi connectivity index (χ3n) is 3.30. The van der Waals surface area contributed by atoms with E-state index in [1.54, 1.807) is 0 Å². The van der Waals surface area contributed by atoms with E-state index in [0.717, 1.165) is 13.2 Å². The number of benzene rings is 1. The summed E-state index contributed by atoms with van der Waals surface area (Å²) in [6.45, 7) is 0.488. The van der Waals surface area contributed by atoms with Crippen molar-refractivity contribution in [3.05, 3.63) is 39.4 Å². The van der Waals surface area contributed by atoms with Crippen LogP contribution in [-0.4, -0.2) is 53.3 Å². The van der Waals surface area contributed by atoms with E-state index < -0.39 is 47.0 Å². The Balaban J connectivity index is 2.20. The number of nitro groups is 1. The highest BCUT2D eigenvalue weighted by Crippen LogP contribution is 2.30. The number of nitro benzene ring substituents is 1. The van der Waals surface area contributed by atoms with Crippen LogP contribution in [0.25, 0.3) is 0 Å². The maximum Gasteiger partial charge on any atom is 0.346 e. The summed E-state index contributed by atoms with van der Waals surface area (Å²) >= 11 is 0. The van der Waals surface area contributed by atoms with Gasteiger partial charge in [0, 0.05) is 6.07 Å². The van der Waals surface area contributed by atoms with Gasteiger partial charge in [0.2, 0.25) is 0 Å². The van der Waals surface area contributed by atoms with Gasteiger partial charge in [-0.25, -0.2) is 4.79 Å². The SMILES string of the molecule is COC(=O)C(C)OC(=O)CN1C(=O)c2cccc([N+](=O)[O-])c2C1=O. The highest BCUT2D eigenvalue weighted by molar-refractivity contribution is 6.24. The van der Waals surface area contributed by atoms with Gasteiger partial charge in [-0.05, 0) is 13.0 Å². The molecule has 0 saturated heterocycles. The minimum absolute atomic E-state index is 0.164. The zero-order valence-electron chi connectivity index (χ0n) is 12.7. The zero-order valence-corrected chi connectivity index (χ0v) is 12.7. The third-order valence-corrected chi connectivity index (χ3v) is 3.30. The monoisotopic (exact) mass is 336 g/mol. The number of rotatable bonds is 5. The number of amides is 2. The van der Waals surface area contributed by atoms with Gasteiger partial charge in [0.1, 0.15) is 12.1 Å². The van der Waals surface area contributed by atoms with Gasteiger partial charge in [-0.2, -0.15) is 0 Å². The Morgan fingerprint density at radius 2 is 1.96 bits per heavy atom. The van der Waals surface area contributed by atoms with Crippen molar-refractivity contribution in [1.29, 1.82) is 0 Å². The molecule has 1 heterocycles. The molecule has 10 heteroatoms. The van der Waals surface area contributed by atoms with Crippen molar-refractivity contribution in [1.82, 2.24) is 4.90 Å². The minimum Gasteiger partial charge on any atom is -0.466 e. The highest BCUT2D eigenvalue weighted by atomic mass is 16.6. The lowest BCUT2D eigenvalue weighted by Crippen LogP contribution is -2.38. The van der Waals surface area contributed by atoms with Gasteiger partial charge in [-0.15, -0.1) is 0 Å². The van der Waals surface area contributed by atoms with E-state index >= 15 is 0 Å². The summed E-state index contributed by atoms with van der Waals surface area (Å²) in [5, 5.41) is 11.0. The molecule has 1 atom stereocenters. The lowest BCUT2D eigenvalue weighted by atomic mass is 10.1. The molecule has 0 fully saturated rings. The number of esters is 2. The van der Waals surface area contributed by atoms with Crippen molar-refractivity contribution in [3.8, 4) is 0 Å². The van der Waals surface area contributed by atoms with E-state index in [0.29, 0.717) is 4.90 Å². The van der Waals surface area contributed by atoms with Gasteiger partial charge in [-0.1, -0.05) is 6.07 Å². The average molecular weight is 336 g/mol. The normalized spacial score (nSPS) is 14.2. The van der Waals surface area contributed by atoms with Crippen LogP contribution in [0.1, 0.15) is 27.6 Å². The average Bonchev–Trinajstić information content (AvgIpc) is 2.78. The minimum atomic E-state index is -1.22. The van der Waals surface area contributed by atoms with Crippen LogP contribution in [0.5, 0.6) is 0 Å². The van der Waals surface area contributed by atoms with Crippen molar-refractivity contribution < 1.29 is 33.6 Å². The lowest BCUT2D eigenvalue weighted by molar-refractivity contribution is -0.385. The van der Waals surface area contributed by atoms with Gasteiger partial charge >= 0.3 is 11.9 Å². The fourth-order valence-corrected chi connectivity index (χ4v) is 2.19. The number of carbonyl (C=O) groups is 4. The second kappa shape index (κ2) is 6.44. The number of imide groups is 1. The first-order valence-corrected chi connectivity index (χ1v) is 6.68. The molecule has 126 valence electrons. The molecule has 0 saturated carbocycles. The molecule has 2 rings (SSSR count). The van der Waals surface area contributed by atoms with E-state index in [1.807, 2.05) is 0 Å². The van der Waals surface area contributed by atoms with Gasteiger partial charge in [-0.3, -0.25) is 29.4 Å². The molecule has 2 amide bonds. The number of ether oxygens (including phenoxy) is 2. The fourth-order valence-electron chi connectivity index (χ4n) is 2.19. The van der Waals surface area contributed by atoms with E-state index in [-0.39, 0.29) is 11.1 Å². The first-order valence-electron chi connectivity index (χ1n) is 6.68. The number of hydrogen-bond donors (Lipinski definition) is 0. The summed E-state index contributed by atoms with van der Waals surface area (Å²) < 4.78 is 9.12. The Morgan fingerprint density at radius 1 is 1.29 bits per heavy atom. The Kier molecular flexibility index (Phi) is 4.58. The summed E-state index contributed by atoms with van der Waals surface area (Å²) in [4.78, 5) is 58.1. The summed E-state index contributed by atoms with van der Waals surface area (Å²) in [6, 6.07) is 3.61. The molecule has 0 spiro atoms. The van der Waals surface area contributed by atoms with Gasteiger partial charge < -0.3 is 9.47 Å². The maximum atomic E-state index is 12.2. The van der Waals surface area contributed by atoms with Crippen LogP contribution in [-0.2, 0) is 19.1 Å². The number of nitrogens with zero attached hydrogens (tertiary/aromatic N) is 2. The van der Waals surface area contributed by atoms with Gasteiger partial charge in [0.15, 0.2) is 6.10 Å². The van der Waals surface area contributed by atoms with Crippen LogP contribution in [0, 0.1) is 10.1 Å². The van der Waals surface area contributed by atoms with E-state index in [2.05, 4.69) is 4.74 Å². The molecule has 1 unspecified atom stereocenters. The summed E-state index contributed by atoms with van der Waals surface area (Å²) in [5.41, 5.74) is -1.06. The third kappa shape index (κ3) is 2.93. The first kappa shape index (κ1) is 17.1. The fraction of sp³-hybridized carbons (Fsp3) is 0.286. The van der Waals surface area contributed by atoms with Crippen LogP contribution in [0.15, 0.2) is 18.2 Å². The molecular formula is C14H12N2O8. The van der Waals surface area contributed by atoms with Crippen LogP contribution >= 0.6 is 0 Å². The highest BCUT2D eigenvalue weighted by Gasteiger charge is 2.42. The number of hydrogen-bond acceptors (Lipinski definition) is 8. The Bertz CT molecular complexity index is 757. The van der Waals surface area contributed by atoms with Crippen molar-refractivity contribution in [2.45, 2.75) is 13.0 Å². The largest absolute Gasteiger partial charge is 0.466 e. The van der Waals surface area contributed by atoms with Gasteiger partial charge in [0.25, 0.3) is 17.5 Å². The smallest absolute Gasteiger partial charge is 0.346 e. The second-order valence-electron chi connectivity index (χ2n) is 4.81. The molecular weight excluding hydrogens is 324 g/mol.